The van der Waals surface area contributed by atoms with Gasteiger partial charge in [0.25, 0.3) is 0 Å². The number of hydrogen-bond acceptors (Lipinski definition) is 6. The third-order valence-corrected chi connectivity index (χ3v) is 5.91. The zero-order valence-corrected chi connectivity index (χ0v) is 15.7. The van der Waals surface area contributed by atoms with Crippen LogP contribution >= 0.6 is 0 Å². The lowest BCUT2D eigenvalue weighted by molar-refractivity contribution is 0.415. The van der Waals surface area contributed by atoms with Crippen LogP contribution < -0.4 is 4.74 Å². The van der Waals surface area contributed by atoms with Crippen molar-refractivity contribution in [3.8, 4) is 28.7 Å². The minimum Gasteiger partial charge on any atom is -0.497 e. The van der Waals surface area contributed by atoms with E-state index in [1.54, 1.807) is 44.4 Å². The van der Waals surface area contributed by atoms with E-state index in [1.165, 1.54) is 18.4 Å². The molecule has 1 heterocycles. The molecule has 1 aromatic heterocycles. The highest BCUT2D eigenvalue weighted by molar-refractivity contribution is 7.89. The summed E-state index contributed by atoms with van der Waals surface area (Å²) in [5.74, 6) is 1.33. The van der Waals surface area contributed by atoms with Crippen molar-refractivity contribution < 1.29 is 17.6 Å². The van der Waals surface area contributed by atoms with Crippen molar-refractivity contribution in [1.82, 2.24) is 14.5 Å². The first kappa shape index (κ1) is 18.1. The van der Waals surface area contributed by atoms with E-state index < -0.39 is 10.0 Å². The number of methoxy groups -OCH3 is 1. The molecule has 3 rings (SSSR count). The number of hydrogen-bond donors (Lipinski definition) is 0. The van der Waals surface area contributed by atoms with Gasteiger partial charge in [-0.2, -0.15) is 0 Å². The van der Waals surface area contributed by atoms with Crippen LogP contribution in [-0.2, 0) is 10.0 Å². The first-order valence-electron chi connectivity index (χ1n) is 7.84. The third kappa shape index (κ3) is 3.33. The van der Waals surface area contributed by atoms with E-state index >= 15 is 0 Å². The molecular weight excluding hydrogens is 354 g/mol. The van der Waals surface area contributed by atoms with Gasteiger partial charge in [-0.25, -0.2) is 12.7 Å². The second-order valence-corrected chi connectivity index (χ2v) is 8.03. The largest absolute Gasteiger partial charge is 0.497 e. The minimum absolute atomic E-state index is 0.212. The number of benzene rings is 2. The summed E-state index contributed by atoms with van der Waals surface area (Å²) in [5.41, 5.74) is 1.94. The van der Waals surface area contributed by atoms with Crippen LogP contribution in [0.4, 0.5) is 0 Å². The van der Waals surface area contributed by atoms with Crippen molar-refractivity contribution in [3.63, 3.8) is 0 Å². The summed E-state index contributed by atoms with van der Waals surface area (Å²) in [5, 5.41) is 8.10. The van der Waals surface area contributed by atoms with Gasteiger partial charge in [0.05, 0.1) is 12.0 Å². The van der Waals surface area contributed by atoms with Crippen molar-refractivity contribution in [2.24, 2.45) is 0 Å². The Morgan fingerprint density at radius 3 is 2.12 bits per heavy atom. The highest BCUT2D eigenvalue weighted by atomic mass is 32.2. The van der Waals surface area contributed by atoms with Crippen LogP contribution in [0.5, 0.6) is 5.75 Å². The van der Waals surface area contributed by atoms with Gasteiger partial charge in [0, 0.05) is 25.2 Å². The quantitative estimate of drug-likeness (QED) is 0.683. The van der Waals surface area contributed by atoms with E-state index in [4.69, 9.17) is 9.15 Å². The Bertz CT molecular complexity index is 1020. The van der Waals surface area contributed by atoms with Gasteiger partial charge in [0.15, 0.2) is 0 Å². The average molecular weight is 373 g/mol. The summed E-state index contributed by atoms with van der Waals surface area (Å²) in [4.78, 5) is 0.212. The van der Waals surface area contributed by atoms with Gasteiger partial charge in [-0.15, -0.1) is 10.2 Å². The molecule has 0 atom stereocenters. The maximum absolute atomic E-state index is 12.5. The second-order valence-electron chi connectivity index (χ2n) is 5.91. The van der Waals surface area contributed by atoms with E-state index in [2.05, 4.69) is 10.2 Å². The molecule has 0 N–H and O–H groups in total. The molecule has 7 nitrogen and oxygen atoms in total. The molecular formula is C18H19N3O4S. The molecule has 136 valence electrons. The predicted octanol–water partition coefficient (Wildman–Crippen LogP) is 2.97. The molecule has 0 aliphatic rings. The van der Waals surface area contributed by atoms with Gasteiger partial charge >= 0.3 is 0 Å². The highest BCUT2D eigenvalue weighted by Crippen LogP contribution is 2.28. The first-order chi connectivity index (χ1) is 12.3. The lowest BCUT2D eigenvalue weighted by Gasteiger charge is -2.14. The Morgan fingerprint density at radius 1 is 0.962 bits per heavy atom. The maximum Gasteiger partial charge on any atom is 0.248 e. The van der Waals surface area contributed by atoms with Crippen LogP contribution in [0, 0.1) is 6.92 Å². The molecule has 8 heteroatoms. The van der Waals surface area contributed by atoms with Crippen molar-refractivity contribution in [2.45, 2.75) is 11.8 Å². The number of aromatic nitrogens is 2. The molecule has 0 aliphatic carbocycles. The van der Waals surface area contributed by atoms with Crippen LogP contribution in [0.25, 0.3) is 22.9 Å². The van der Waals surface area contributed by atoms with Crippen LogP contribution in [-0.4, -0.2) is 44.1 Å². The fraction of sp³-hybridized carbons (Fsp3) is 0.222. The molecule has 0 radical (unpaired) electrons. The Hall–Kier alpha value is -2.71. The zero-order chi connectivity index (χ0) is 18.9. The summed E-state index contributed by atoms with van der Waals surface area (Å²) in [6.07, 6.45) is 0. The number of rotatable bonds is 5. The van der Waals surface area contributed by atoms with Crippen LogP contribution in [0.2, 0.25) is 0 Å². The van der Waals surface area contributed by atoms with Crippen molar-refractivity contribution in [1.29, 1.82) is 0 Å². The normalized spacial score (nSPS) is 11.7. The van der Waals surface area contributed by atoms with Crippen LogP contribution in [0.3, 0.4) is 0 Å². The molecule has 26 heavy (non-hydrogen) atoms. The molecule has 0 saturated carbocycles. The number of nitrogens with zero attached hydrogens (tertiary/aromatic N) is 3. The standard InChI is InChI=1S/C18H19N3O4S/c1-12-5-6-14(11-16(12)26(22,23)21(2)3)18-20-19-17(25-18)13-7-9-15(24-4)10-8-13/h5-11H,1-4H3. The molecule has 3 aromatic rings. The lowest BCUT2D eigenvalue weighted by Crippen LogP contribution is -2.23. The lowest BCUT2D eigenvalue weighted by atomic mass is 10.1. The van der Waals surface area contributed by atoms with E-state index in [9.17, 15) is 8.42 Å². The summed E-state index contributed by atoms with van der Waals surface area (Å²) in [6.45, 7) is 1.75. The zero-order valence-electron chi connectivity index (χ0n) is 14.9. The van der Waals surface area contributed by atoms with E-state index in [-0.39, 0.29) is 10.8 Å². The van der Waals surface area contributed by atoms with Crippen molar-refractivity contribution >= 4 is 10.0 Å². The summed E-state index contributed by atoms with van der Waals surface area (Å²) in [6, 6.07) is 12.3. The van der Waals surface area contributed by atoms with Gasteiger partial charge in [-0.05, 0) is 48.9 Å². The van der Waals surface area contributed by atoms with Gasteiger partial charge < -0.3 is 9.15 Å². The van der Waals surface area contributed by atoms with Gasteiger partial charge in [-0.3, -0.25) is 0 Å². The summed E-state index contributed by atoms with van der Waals surface area (Å²) < 4.78 is 37.0. The van der Waals surface area contributed by atoms with Crippen LogP contribution in [0.1, 0.15) is 5.56 Å². The minimum atomic E-state index is -3.56. The molecule has 0 amide bonds. The number of ether oxygens (including phenoxy) is 1. The van der Waals surface area contributed by atoms with Crippen LogP contribution in [0.15, 0.2) is 51.8 Å². The fourth-order valence-corrected chi connectivity index (χ4v) is 3.54. The average Bonchev–Trinajstić information content (AvgIpc) is 3.12. The number of aryl methyl sites for hydroxylation is 1. The molecule has 2 aromatic carbocycles. The summed E-state index contributed by atoms with van der Waals surface area (Å²) >= 11 is 0. The monoisotopic (exact) mass is 373 g/mol. The Kier molecular flexibility index (Phi) is 4.80. The Morgan fingerprint density at radius 2 is 1.54 bits per heavy atom. The SMILES string of the molecule is COc1ccc(-c2nnc(-c3ccc(C)c(S(=O)(=O)N(C)C)c3)o2)cc1. The van der Waals surface area contributed by atoms with Crippen molar-refractivity contribution in [3.05, 3.63) is 48.0 Å². The van der Waals surface area contributed by atoms with E-state index in [0.717, 1.165) is 11.3 Å². The van der Waals surface area contributed by atoms with E-state index in [1.807, 2.05) is 12.1 Å². The third-order valence-electron chi connectivity index (χ3n) is 3.96. The maximum atomic E-state index is 12.5. The molecule has 0 spiro atoms. The molecule has 0 fully saturated rings. The Labute approximate surface area is 152 Å². The van der Waals surface area contributed by atoms with Gasteiger partial charge in [-0.1, -0.05) is 6.07 Å². The van der Waals surface area contributed by atoms with Crippen molar-refractivity contribution in [2.75, 3.05) is 21.2 Å². The van der Waals surface area contributed by atoms with E-state index in [0.29, 0.717) is 17.0 Å². The smallest absolute Gasteiger partial charge is 0.248 e. The fourth-order valence-electron chi connectivity index (χ4n) is 2.40. The molecule has 0 saturated heterocycles. The predicted molar refractivity (Wildman–Crippen MR) is 97.3 cm³/mol. The molecule has 0 aliphatic heterocycles. The summed E-state index contributed by atoms with van der Waals surface area (Å²) in [7, 11) is 1.02. The number of sulfonamides is 1. The Balaban J connectivity index is 1.99. The highest BCUT2D eigenvalue weighted by Gasteiger charge is 2.21. The first-order valence-corrected chi connectivity index (χ1v) is 9.28. The second kappa shape index (κ2) is 6.89. The topological polar surface area (TPSA) is 85.5 Å². The van der Waals surface area contributed by atoms with Gasteiger partial charge in [0.1, 0.15) is 5.75 Å². The molecule has 0 unspecified atom stereocenters. The molecule has 0 bridgehead atoms. The van der Waals surface area contributed by atoms with Gasteiger partial charge in [0.2, 0.25) is 21.8 Å².